The summed E-state index contributed by atoms with van der Waals surface area (Å²) >= 11 is 0. The first-order valence-electron chi connectivity index (χ1n) is 6.74. The molecule has 2 aromatic rings. The maximum atomic E-state index is 9.92. The number of rotatable bonds is 4. The molecule has 4 atom stereocenters. The number of aliphatic hydroxyl groups is 3. The van der Waals surface area contributed by atoms with Crippen LogP contribution in [0, 0.1) is 0 Å². The van der Waals surface area contributed by atoms with Crippen LogP contribution in [0.4, 0.5) is 0 Å². The van der Waals surface area contributed by atoms with E-state index in [4.69, 9.17) is 9.47 Å². The van der Waals surface area contributed by atoms with Crippen LogP contribution in [0.3, 0.4) is 0 Å². The van der Waals surface area contributed by atoms with Crippen molar-refractivity contribution in [1.29, 1.82) is 0 Å². The van der Waals surface area contributed by atoms with E-state index in [-0.39, 0.29) is 13.2 Å². The number of pyridine rings is 1. The lowest BCUT2D eigenvalue weighted by Gasteiger charge is -2.34. The first-order chi connectivity index (χ1) is 10.6. The van der Waals surface area contributed by atoms with Crippen LogP contribution in [0.25, 0.3) is 0 Å². The first-order valence-corrected chi connectivity index (χ1v) is 6.74. The van der Waals surface area contributed by atoms with E-state index in [0.29, 0.717) is 11.4 Å². The van der Waals surface area contributed by atoms with E-state index < -0.39 is 24.5 Å². The third kappa shape index (κ3) is 3.07. The molecule has 9 nitrogen and oxygen atoms in total. The highest BCUT2D eigenvalue weighted by Gasteiger charge is 2.39. The van der Waals surface area contributed by atoms with Crippen molar-refractivity contribution in [1.82, 2.24) is 20.0 Å². The summed E-state index contributed by atoms with van der Waals surface area (Å²) in [5, 5.41) is 36.8. The molecule has 1 aliphatic rings. The average molecular weight is 308 g/mol. The Morgan fingerprint density at radius 2 is 2.18 bits per heavy atom. The lowest BCUT2D eigenvalue weighted by Crippen LogP contribution is -2.50. The highest BCUT2D eigenvalue weighted by atomic mass is 16.5. The predicted molar refractivity (Wildman–Crippen MR) is 71.6 cm³/mol. The molecule has 22 heavy (non-hydrogen) atoms. The third-order valence-electron chi connectivity index (χ3n) is 3.31. The lowest BCUT2D eigenvalue weighted by molar-refractivity contribution is -0.214. The van der Waals surface area contributed by atoms with Crippen molar-refractivity contribution in [3.8, 4) is 5.75 Å². The third-order valence-corrected chi connectivity index (χ3v) is 3.31. The Kier molecular flexibility index (Phi) is 4.29. The van der Waals surface area contributed by atoms with Gasteiger partial charge in [0, 0.05) is 6.20 Å². The zero-order valence-electron chi connectivity index (χ0n) is 11.6. The molecule has 118 valence electrons. The van der Waals surface area contributed by atoms with E-state index >= 15 is 0 Å². The summed E-state index contributed by atoms with van der Waals surface area (Å²) in [7, 11) is 0. The number of aromatic nitrogens is 4. The second-order valence-electron chi connectivity index (χ2n) is 4.94. The van der Waals surface area contributed by atoms with Crippen LogP contribution in [0.1, 0.15) is 11.9 Å². The predicted octanol–water partition coefficient (Wildman–Crippen LogP) is -1.14. The Labute approximate surface area is 125 Å². The van der Waals surface area contributed by atoms with Crippen molar-refractivity contribution in [3.05, 3.63) is 36.4 Å². The number of hydrogen-bond donors (Lipinski definition) is 3. The van der Waals surface area contributed by atoms with Crippen LogP contribution < -0.4 is 4.74 Å². The van der Waals surface area contributed by atoms with Gasteiger partial charge in [-0.1, -0.05) is 5.21 Å². The van der Waals surface area contributed by atoms with Gasteiger partial charge < -0.3 is 24.8 Å². The quantitative estimate of drug-likeness (QED) is 0.648. The molecule has 0 aromatic carbocycles. The lowest BCUT2D eigenvalue weighted by atomic mass is 10.0. The fourth-order valence-corrected chi connectivity index (χ4v) is 2.12. The highest BCUT2D eigenvalue weighted by Crippen LogP contribution is 2.23. The van der Waals surface area contributed by atoms with Gasteiger partial charge in [-0.05, 0) is 12.1 Å². The molecule has 3 rings (SSSR count). The van der Waals surface area contributed by atoms with Crippen molar-refractivity contribution in [2.24, 2.45) is 0 Å². The minimum absolute atomic E-state index is 0.0930. The molecule has 9 heteroatoms. The van der Waals surface area contributed by atoms with E-state index in [1.54, 1.807) is 30.7 Å². The van der Waals surface area contributed by atoms with Crippen LogP contribution >= 0.6 is 0 Å². The molecule has 0 radical (unpaired) electrons. The Morgan fingerprint density at radius 1 is 1.32 bits per heavy atom. The van der Waals surface area contributed by atoms with Gasteiger partial charge in [-0.3, -0.25) is 4.98 Å². The summed E-state index contributed by atoms with van der Waals surface area (Å²) < 4.78 is 12.1. The Hall–Kier alpha value is -2.07. The molecule has 0 unspecified atom stereocenters. The summed E-state index contributed by atoms with van der Waals surface area (Å²) in [6, 6.07) is 3.52. The van der Waals surface area contributed by atoms with E-state index in [9.17, 15) is 15.3 Å². The van der Waals surface area contributed by atoms with Gasteiger partial charge in [0.15, 0.2) is 6.23 Å². The molecular weight excluding hydrogens is 292 g/mol. The molecule has 2 aromatic heterocycles. The van der Waals surface area contributed by atoms with Crippen molar-refractivity contribution in [2.45, 2.75) is 31.1 Å². The molecule has 0 saturated carbocycles. The fourth-order valence-electron chi connectivity index (χ4n) is 2.12. The van der Waals surface area contributed by atoms with E-state index in [1.807, 2.05) is 0 Å². The van der Waals surface area contributed by atoms with Crippen molar-refractivity contribution in [2.75, 3.05) is 6.61 Å². The van der Waals surface area contributed by atoms with Crippen molar-refractivity contribution in [3.63, 3.8) is 0 Å². The molecule has 1 aliphatic heterocycles. The SMILES string of the molecule is O[C@@H]1[C@@H](O)[C@H](n2cc(COc3cccnc3)nn2)OC[C@H]1O. The molecule has 0 spiro atoms. The monoisotopic (exact) mass is 308 g/mol. The zero-order chi connectivity index (χ0) is 15.5. The Bertz CT molecular complexity index is 607. The summed E-state index contributed by atoms with van der Waals surface area (Å²) in [6.45, 7) is 0.0873. The topological polar surface area (TPSA) is 123 Å². The molecule has 0 aliphatic carbocycles. The standard InChI is InChI=1S/C13H16N4O5/c18-10-7-22-13(12(20)11(10)19)17-5-8(15-16-17)6-21-9-2-1-3-14-4-9/h1-5,10-13,18-20H,6-7H2/t10-,11+,12-,13-/m1/s1. The van der Waals surface area contributed by atoms with Gasteiger partial charge in [-0.15, -0.1) is 5.10 Å². The second-order valence-corrected chi connectivity index (χ2v) is 4.94. The van der Waals surface area contributed by atoms with E-state index in [1.165, 1.54) is 4.68 Å². The zero-order valence-corrected chi connectivity index (χ0v) is 11.6. The fraction of sp³-hybridized carbons (Fsp3) is 0.462. The van der Waals surface area contributed by atoms with Crippen LogP contribution in [0.5, 0.6) is 5.75 Å². The van der Waals surface area contributed by atoms with Gasteiger partial charge in [-0.25, -0.2) is 4.68 Å². The minimum atomic E-state index is -1.29. The van der Waals surface area contributed by atoms with Crippen LogP contribution in [0.2, 0.25) is 0 Å². The first kappa shape index (κ1) is 14.9. The summed E-state index contributed by atoms with van der Waals surface area (Å²) in [6.07, 6.45) is 0.159. The van der Waals surface area contributed by atoms with Crippen LogP contribution in [-0.2, 0) is 11.3 Å². The maximum absolute atomic E-state index is 9.92. The van der Waals surface area contributed by atoms with Gasteiger partial charge in [0.05, 0.1) is 19.0 Å². The molecule has 1 fully saturated rings. The Morgan fingerprint density at radius 3 is 2.95 bits per heavy atom. The van der Waals surface area contributed by atoms with Crippen molar-refractivity contribution < 1.29 is 24.8 Å². The highest BCUT2D eigenvalue weighted by molar-refractivity contribution is 5.15. The van der Waals surface area contributed by atoms with Crippen LogP contribution in [-0.4, -0.2) is 60.2 Å². The smallest absolute Gasteiger partial charge is 0.180 e. The summed E-state index contributed by atoms with van der Waals surface area (Å²) in [5.74, 6) is 0.601. The van der Waals surface area contributed by atoms with Gasteiger partial charge in [0.2, 0.25) is 0 Å². The Balaban J connectivity index is 1.64. The molecule has 0 amide bonds. The number of hydrogen-bond acceptors (Lipinski definition) is 8. The van der Waals surface area contributed by atoms with Gasteiger partial charge in [-0.2, -0.15) is 0 Å². The van der Waals surface area contributed by atoms with Crippen LogP contribution in [0.15, 0.2) is 30.7 Å². The normalized spacial score (nSPS) is 28.5. The molecule has 0 bridgehead atoms. The number of aliphatic hydroxyl groups excluding tert-OH is 3. The summed E-state index contributed by atoms with van der Waals surface area (Å²) in [5.41, 5.74) is 0.528. The molecule has 3 heterocycles. The summed E-state index contributed by atoms with van der Waals surface area (Å²) in [4.78, 5) is 3.93. The van der Waals surface area contributed by atoms with Gasteiger partial charge >= 0.3 is 0 Å². The molecule has 1 saturated heterocycles. The largest absolute Gasteiger partial charge is 0.486 e. The van der Waals surface area contributed by atoms with Gasteiger partial charge in [0.25, 0.3) is 0 Å². The number of nitrogens with zero attached hydrogens (tertiary/aromatic N) is 4. The molecule has 3 N–H and O–H groups in total. The van der Waals surface area contributed by atoms with Gasteiger partial charge in [0.1, 0.15) is 36.4 Å². The minimum Gasteiger partial charge on any atom is -0.486 e. The van der Waals surface area contributed by atoms with E-state index in [2.05, 4.69) is 15.3 Å². The average Bonchev–Trinajstić information content (AvgIpc) is 3.00. The van der Waals surface area contributed by atoms with E-state index in [0.717, 1.165) is 0 Å². The molecular formula is C13H16N4O5. The number of ether oxygens (including phenoxy) is 2. The maximum Gasteiger partial charge on any atom is 0.180 e. The van der Waals surface area contributed by atoms with Crippen molar-refractivity contribution >= 4 is 0 Å². The second kappa shape index (κ2) is 6.36.